The van der Waals surface area contributed by atoms with Gasteiger partial charge in [0.2, 0.25) is 5.91 Å². The smallest absolute Gasteiger partial charge is 0.246 e. The van der Waals surface area contributed by atoms with E-state index in [1.54, 1.807) is 7.05 Å². The molecule has 0 aliphatic carbocycles. The van der Waals surface area contributed by atoms with Gasteiger partial charge in [-0.05, 0) is 20.3 Å². The number of hydrogen-bond donors (Lipinski definition) is 0. The van der Waals surface area contributed by atoms with Crippen molar-refractivity contribution in [3.63, 3.8) is 0 Å². The molecule has 0 atom stereocenters. The van der Waals surface area contributed by atoms with Crippen molar-refractivity contribution in [1.29, 1.82) is 0 Å². The molecule has 3 heteroatoms. The van der Waals surface area contributed by atoms with Gasteiger partial charge in [-0.15, -0.1) is 0 Å². The van der Waals surface area contributed by atoms with Crippen LogP contribution in [0.5, 0.6) is 0 Å². The summed E-state index contributed by atoms with van der Waals surface area (Å²) >= 11 is 0. The Morgan fingerprint density at radius 1 is 1.50 bits per heavy atom. The lowest BCUT2D eigenvalue weighted by Gasteiger charge is -2.12. The van der Waals surface area contributed by atoms with Crippen molar-refractivity contribution in [2.24, 2.45) is 0 Å². The molecule has 3 nitrogen and oxygen atoms in total. The van der Waals surface area contributed by atoms with Crippen LogP contribution in [0.4, 0.5) is 0 Å². The summed E-state index contributed by atoms with van der Waals surface area (Å²) in [4.78, 5) is 15.9. The highest BCUT2D eigenvalue weighted by Gasteiger charge is 2.04. The van der Waals surface area contributed by atoms with E-state index in [4.69, 9.17) is 4.84 Å². The molecule has 0 rings (SSSR count). The number of allylic oxidation sites excluding steroid dienone is 2. The van der Waals surface area contributed by atoms with Crippen molar-refractivity contribution in [3.8, 4) is 0 Å². The maximum absolute atomic E-state index is 11.1. The van der Waals surface area contributed by atoms with Crippen LogP contribution in [0.2, 0.25) is 0 Å². The van der Waals surface area contributed by atoms with Gasteiger partial charge in [-0.3, -0.25) is 9.63 Å². The summed E-state index contributed by atoms with van der Waals surface area (Å²) in [5.74, 6) is 0.00926. The summed E-state index contributed by atoms with van der Waals surface area (Å²) in [6.07, 6.45) is 3.34. The molecule has 0 heterocycles. The average Bonchev–Trinajstić information content (AvgIpc) is 2.02. The van der Waals surface area contributed by atoms with E-state index in [-0.39, 0.29) is 5.91 Å². The van der Waals surface area contributed by atoms with Crippen LogP contribution >= 0.6 is 0 Å². The highest BCUT2D eigenvalue weighted by molar-refractivity contribution is 5.74. The van der Waals surface area contributed by atoms with Crippen LogP contribution in [0.1, 0.15) is 26.7 Å². The molecule has 1 amide bonds. The lowest BCUT2D eigenvalue weighted by atomic mass is 10.2. The van der Waals surface area contributed by atoms with Crippen molar-refractivity contribution < 1.29 is 9.63 Å². The van der Waals surface area contributed by atoms with Crippen LogP contribution in [-0.4, -0.2) is 25.1 Å². The lowest BCUT2D eigenvalue weighted by molar-refractivity contribution is -0.168. The minimum absolute atomic E-state index is 0.00926. The molecule has 0 aromatic carbocycles. The van der Waals surface area contributed by atoms with Crippen LogP contribution in [0.15, 0.2) is 11.6 Å². The fourth-order valence-corrected chi connectivity index (χ4v) is 0.744. The van der Waals surface area contributed by atoms with Gasteiger partial charge in [0, 0.05) is 13.5 Å². The standard InChI is InChI=1S/C9H17NO2/c1-8(2)6-5-7-9(11)10(3)12-4/h6H,5,7H2,1-4H3. The monoisotopic (exact) mass is 171 g/mol. The molecular weight excluding hydrogens is 154 g/mol. The Labute approximate surface area is 74.0 Å². The van der Waals surface area contributed by atoms with E-state index in [0.29, 0.717) is 6.42 Å². The molecule has 0 bridgehead atoms. The van der Waals surface area contributed by atoms with E-state index in [0.717, 1.165) is 6.42 Å². The molecule has 0 aromatic rings. The Balaban J connectivity index is 3.65. The third kappa shape index (κ3) is 4.91. The molecule has 0 spiro atoms. The van der Waals surface area contributed by atoms with E-state index in [1.165, 1.54) is 17.7 Å². The van der Waals surface area contributed by atoms with Gasteiger partial charge < -0.3 is 0 Å². The second kappa shape index (κ2) is 5.77. The molecule has 70 valence electrons. The molecule has 0 radical (unpaired) electrons. The first-order valence-electron chi connectivity index (χ1n) is 4.02. The van der Waals surface area contributed by atoms with Gasteiger partial charge in [0.25, 0.3) is 0 Å². The molecule has 0 saturated heterocycles. The van der Waals surface area contributed by atoms with Crippen molar-refractivity contribution in [2.45, 2.75) is 26.7 Å². The quantitative estimate of drug-likeness (QED) is 0.476. The highest BCUT2D eigenvalue weighted by atomic mass is 16.7. The van der Waals surface area contributed by atoms with Gasteiger partial charge in [0.05, 0.1) is 7.11 Å². The van der Waals surface area contributed by atoms with Crippen LogP contribution in [-0.2, 0) is 9.63 Å². The van der Waals surface area contributed by atoms with Crippen LogP contribution in [0, 0.1) is 0 Å². The van der Waals surface area contributed by atoms with E-state index >= 15 is 0 Å². The normalized spacial score (nSPS) is 9.33. The topological polar surface area (TPSA) is 29.5 Å². The molecule has 0 aliphatic rings. The van der Waals surface area contributed by atoms with Crippen molar-refractivity contribution in [1.82, 2.24) is 5.06 Å². The zero-order valence-electron chi connectivity index (χ0n) is 8.26. The van der Waals surface area contributed by atoms with Gasteiger partial charge in [-0.25, -0.2) is 5.06 Å². The summed E-state index contributed by atoms with van der Waals surface area (Å²) < 4.78 is 0. The first-order chi connectivity index (χ1) is 5.57. The second-order valence-electron chi connectivity index (χ2n) is 2.89. The third-order valence-electron chi connectivity index (χ3n) is 1.54. The van der Waals surface area contributed by atoms with Gasteiger partial charge >= 0.3 is 0 Å². The third-order valence-corrected chi connectivity index (χ3v) is 1.54. The minimum Gasteiger partial charge on any atom is -0.275 e. The number of nitrogens with zero attached hydrogens (tertiary/aromatic N) is 1. The van der Waals surface area contributed by atoms with Gasteiger partial charge in [0.1, 0.15) is 0 Å². The van der Waals surface area contributed by atoms with Crippen molar-refractivity contribution >= 4 is 5.91 Å². The predicted octanol–water partition coefficient (Wildman–Crippen LogP) is 1.75. The van der Waals surface area contributed by atoms with Crippen molar-refractivity contribution in [2.75, 3.05) is 14.2 Å². The summed E-state index contributed by atoms with van der Waals surface area (Å²) in [5.41, 5.74) is 1.24. The lowest BCUT2D eigenvalue weighted by Crippen LogP contribution is -2.24. The van der Waals surface area contributed by atoms with Crippen molar-refractivity contribution in [3.05, 3.63) is 11.6 Å². The first kappa shape index (κ1) is 11.2. The second-order valence-corrected chi connectivity index (χ2v) is 2.89. The molecule has 0 N–H and O–H groups in total. The number of carbonyl (C=O) groups is 1. The highest BCUT2D eigenvalue weighted by Crippen LogP contribution is 1.99. The molecule has 0 unspecified atom stereocenters. The summed E-state index contributed by atoms with van der Waals surface area (Å²) in [5, 5.41) is 1.25. The number of rotatable bonds is 4. The van der Waals surface area contributed by atoms with E-state index in [1.807, 2.05) is 19.9 Å². The van der Waals surface area contributed by atoms with Crippen LogP contribution in [0.3, 0.4) is 0 Å². The number of amides is 1. The zero-order valence-corrected chi connectivity index (χ0v) is 8.26. The summed E-state index contributed by atoms with van der Waals surface area (Å²) in [6, 6.07) is 0. The predicted molar refractivity (Wildman–Crippen MR) is 48.4 cm³/mol. The van der Waals surface area contributed by atoms with Crippen LogP contribution in [0.25, 0.3) is 0 Å². The molecule has 0 fully saturated rings. The molecule has 0 aromatic heterocycles. The number of hydroxylamine groups is 2. The number of hydrogen-bond acceptors (Lipinski definition) is 2. The Kier molecular flexibility index (Phi) is 5.37. The molecule has 0 saturated carbocycles. The minimum atomic E-state index is 0.00926. The maximum atomic E-state index is 11.1. The average molecular weight is 171 g/mol. The van der Waals surface area contributed by atoms with Crippen LogP contribution < -0.4 is 0 Å². The van der Waals surface area contributed by atoms with E-state index < -0.39 is 0 Å². The Bertz CT molecular complexity index is 171. The maximum Gasteiger partial charge on any atom is 0.246 e. The number of carbonyl (C=O) groups excluding carboxylic acids is 1. The fourth-order valence-electron chi connectivity index (χ4n) is 0.744. The van der Waals surface area contributed by atoms with Gasteiger partial charge in [-0.1, -0.05) is 11.6 Å². The SMILES string of the molecule is CON(C)C(=O)CCC=C(C)C. The van der Waals surface area contributed by atoms with Gasteiger partial charge in [-0.2, -0.15) is 0 Å². The molecular formula is C9H17NO2. The largest absolute Gasteiger partial charge is 0.275 e. The Morgan fingerprint density at radius 3 is 2.50 bits per heavy atom. The fraction of sp³-hybridized carbons (Fsp3) is 0.667. The Morgan fingerprint density at radius 2 is 2.08 bits per heavy atom. The van der Waals surface area contributed by atoms with E-state index in [2.05, 4.69) is 0 Å². The van der Waals surface area contributed by atoms with E-state index in [9.17, 15) is 4.79 Å². The zero-order chi connectivity index (χ0) is 9.56. The first-order valence-corrected chi connectivity index (χ1v) is 4.02. The summed E-state index contributed by atoms with van der Waals surface area (Å²) in [7, 11) is 3.10. The summed E-state index contributed by atoms with van der Waals surface area (Å²) in [6.45, 7) is 4.04. The molecule has 12 heavy (non-hydrogen) atoms. The van der Waals surface area contributed by atoms with Gasteiger partial charge in [0.15, 0.2) is 0 Å². The Hall–Kier alpha value is -0.830. The molecule has 0 aliphatic heterocycles.